The minimum Gasteiger partial charge on any atom is -0.314 e. The normalized spacial score (nSPS) is 20.7. The number of urea groups is 1. The number of amides is 3. The number of unbranched alkanes of at least 4 members (excludes halogenated alkanes) is 1. The zero-order chi connectivity index (χ0) is 14.5. The highest BCUT2D eigenvalue weighted by Crippen LogP contribution is 2.28. The summed E-state index contributed by atoms with van der Waals surface area (Å²) in [5.41, 5.74) is 1.10. The number of imide groups is 1. The van der Waals surface area contributed by atoms with Crippen molar-refractivity contribution in [3.8, 4) is 0 Å². The van der Waals surface area contributed by atoms with Crippen molar-refractivity contribution >= 4 is 11.9 Å². The molecule has 1 heterocycles. The quantitative estimate of drug-likeness (QED) is 0.896. The second-order valence-corrected chi connectivity index (χ2v) is 5.35. The lowest BCUT2D eigenvalue weighted by Crippen LogP contribution is -2.55. The molecule has 0 spiro atoms. The number of rotatable bonds is 5. The SMILES string of the molecule is CCCC[C@H]1CC(=O)NC(=O)N1[C@H](C)c1ccccc1. The summed E-state index contributed by atoms with van der Waals surface area (Å²) in [7, 11) is 0. The molecule has 4 heteroatoms. The molecule has 1 saturated heterocycles. The molecule has 0 aliphatic carbocycles. The molecule has 0 bridgehead atoms. The Morgan fingerprint density at radius 2 is 2.00 bits per heavy atom. The van der Waals surface area contributed by atoms with Crippen LogP contribution in [0.25, 0.3) is 0 Å². The predicted octanol–water partition coefficient (Wildman–Crippen LogP) is 3.25. The zero-order valence-electron chi connectivity index (χ0n) is 12.1. The molecule has 108 valence electrons. The lowest BCUT2D eigenvalue weighted by molar-refractivity contribution is -0.123. The van der Waals surface area contributed by atoms with Gasteiger partial charge >= 0.3 is 6.03 Å². The van der Waals surface area contributed by atoms with Gasteiger partial charge in [-0.1, -0.05) is 50.1 Å². The van der Waals surface area contributed by atoms with Crippen LogP contribution < -0.4 is 5.32 Å². The Kier molecular flexibility index (Phi) is 4.77. The smallest absolute Gasteiger partial charge is 0.314 e. The third-order valence-electron chi connectivity index (χ3n) is 3.89. The van der Waals surface area contributed by atoms with Crippen molar-refractivity contribution in [2.45, 2.75) is 51.6 Å². The number of hydrogen-bond donors (Lipinski definition) is 1. The van der Waals surface area contributed by atoms with Crippen LogP contribution in [-0.2, 0) is 4.79 Å². The van der Waals surface area contributed by atoms with E-state index in [0.717, 1.165) is 24.8 Å². The summed E-state index contributed by atoms with van der Waals surface area (Å²) in [6.07, 6.45) is 3.39. The number of carbonyl (C=O) groups is 2. The second kappa shape index (κ2) is 6.55. The lowest BCUT2D eigenvalue weighted by Gasteiger charge is -2.39. The minimum atomic E-state index is -0.265. The zero-order valence-corrected chi connectivity index (χ0v) is 12.1. The Labute approximate surface area is 120 Å². The van der Waals surface area contributed by atoms with E-state index < -0.39 is 0 Å². The highest BCUT2D eigenvalue weighted by Gasteiger charge is 2.35. The van der Waals surface area contributed by atoms with Gasteiger partial charge in [-0.2, -0.15) is 0 Å². The van der Waals surface area contributed by atoms with E-state index in [9.17, 15) is 9.59 Å². The molecule has 20 heavy (non-hydrogen) atoms. The molecule has 3 amide bonds. The average Bonchev–Trinajstić information content (AvgIpc) is 2.45. The van der Waals surface area contributed by atoms with Gasteiger partial charge in [0, 0.05) is 12.5 Å². The molecule has 0 aromatic heterocycles. The first-order valence-electron chi connectivity index (χ1n) is 7.30. The number of benzene rings is 1. The molecule has 1 aliphatic rings. The van der Waals surface area contributed by atoms with Gasteiger partial charge in [0.1, 0.15) is 0 Å². The highest BCUT2D eigenvalue weighted by atomic mass is 16.2. The molecule has 2 rings (SSSR count). The highest BCUT2D eigenvalue weighted by molar-refractivity contribution is 5.97. The molecular weight excluding hydrogens is 252 g/mol. The standard InChI is InChI=1S/C16H22N2O2/c1-3-4-10-14-11-15(19)17-16(20)18(14)12(2)13-8-6-5-7-9-13/h5-9,12,14H,3-4,10-11H2,1-2H3,(H,17,19,20)/t12-,14+/m1/s1. The Morgan fingerprint density at radius 3 is 2.65 bits per heavy atom. The lowest BCUT2D eigenvalue weighted by atomic mass is 9.98. The summed E-state index contributed by atoms with van der Waals surface area (Å²) in [6, 6.07) is 9.66. The topological polar surface area (TPSA) is 49.4 Å². The van der Waals surface area contributed by atoms with Crippen molar-refractivity contribution in [1.82, 2.24) is 10.2 Å². The summed E-state index contributed by atoms with van der Waals surface area (Å²) in [5.74, 6) is -0.160. The average molecular weight is 274 g/mol. The first-order chi connectivity index (χ1) is 9.63. The van der Waals surface area contributed by atoms with Crippen molar-refractivity contribution in [1.29, 1.82) is 0 Å². The minimum absolute atomic E-state index is 0.00593. The van der Waals surface area contributed by atoms with E-state index >= 15 is 0 Å². The maximum atomic E-state index is 12.2. The van der Waals surface area contributed by atoms with E-state index in [1.165, 1.54) is 0 Å². The molecule has 1 aromatic carbocycles. The van der Waals surface area contributed by atoms with Gasteiger partial charge in [0.05, 0.1) is 6.04 Å². The van der Waals surface area contributed by atoms with Crippen LogP contribution >= 0.6 is 0 Å². The van der Waals surface area contributed by atoms with Crippen LogP contribution in [0.15, 0.2) is 30.3 Å². The third kappa shape index (κ3) is 3.18. The molecule has 1 fully saturated rings. The molecule has 2 atom stereocenters. The fourth-order valence-electron chi connectivity index (χ4n) is 2.78. The summed E-state index contributed by atoms with van der Waals surface area (Å²) in [4.78, 5) is 25.6. The van der Waals surface area contributed by atoms with Gasteiger partial charge in [-0.3, -0.25) is 10.1 Å². The van der Waals surface area contributed by atoms with Gasteiger partial charge in [0.25, 0.3) is 0 Å². The Hall–Kier alpha value is -1.84. The van der Waals surface area contributed by atoms with Gasteiger partial charge in [-0.25, -0.2) is 4.79 Å². The van der Waals surface area contributed by atoms with Crippen LogP contribution in [0.5, 0.6) is 0 Å². The van der Waals surface area contributed by atoms with Crippen molar-refractivity contribution in [3.63, 3.8) is 0 Å². The van der Waals surface area contributed by atoms with E-state index in [2.05, 4.69) is 12.2 Å². The van der Waals surface area contributed by atoms with E-state index in [0.29, 0.717) is 6.42 Å². The van der Waals surface area contributed by atoms with Crippen molar-refractivity contribution in [2.24, 2.45) is 0 Å². The van der Waals surface area contributed by atoms with E-state index in [1.54, 1.807) is 0 Å². The first kappa shape index (κ1) is 14.6. The molecule has 0 radical (unpaired) electrons. The van der Waals surface area contributed by atoms with Crippen molar-refractivity contribution < 1.29 is 9.59 Å². The number of hydrogen-bond acceptors (Lipinski definition) is 2. The van der Waals surface area contributed by atoms with Crippen molar-refractivity contribution in [2.75, 3.05) is 0 Å². The molecule has 0 saturated carbocycles. The summed E-state index contributed by atoms with van der Waals surface area (Å²) in [5, 5.41) is 2.43. The third-order valence-corrected chi connectivity index (χ3v) is 3.89. The monoisotopic (exact) mass is 274 g/mol. The first-order valence-corrected chi connectivity index (χ1v) is 7.30. The molecule has 1 N–H and O–H groups in total. The van der Waals surface area contributed by atoms with E-state index in [4.69, 9.17) is 0 Å². The number of carbonyl (C=O) groups excluding carboxylic acids is 2. The number of nitrogens with zero attached hydrogens (tertiary/aromatic N) is 1. The van der Waals surface area contributed by atoms with Crippen LogP contribution in [0.4, 0.5) is 4.79 Å². The Bertz CT molecular complexity index is 473. The van der Waals surface area contributed by atoms with Gasteiger partial charge < -0.3 is 4.90 Å². The molecular formula is C16H22N2O2. The van der Waals surface area contributed by atoms with E-state index in [-0.39, 0.29) is 24.0 Å². The van der Waals surface area contributed by atoms with Crippen LogP contribution in [0.2, 0.25) is 0 Å². The van der Waals surface area contributed by atoms with Crippen LogP contribution in [0, 0.1) is 0 Å². The Balaban J connectivity index is 2.20. The summed E-state index contributed by atoms with van der Waals surface area (Å²) < 4.78 is 0. The fraction of sp³-hybridized carbons (Fsp3) is 0.500. The molecule has 0 unspecified atom stereocenters. The predicted molar refractivity (Wildman–Crippen MR) is 78.2 cm³/mol. The maximum absolute atomic E-state index is 12.2. The van der Waals surface area contributed by atoms with E-state index in [1.807, 2.05) is 42.2 Å². The fourth-order valence-corrected chi connectivity index (χ4v) is 2.78. The number of nitrogens with one attached hydrogen (secondary N) is 1. The second-order valence-electron chi connectivity index (χ2n) is 5.35. The summed E-state index contributed by atoms with van der Waals surface area (Å²) in [6.45, 7) is 4.14. The van der Waals surface area contributed by atoms with Crippen molar-refractivity contribution in [3.05, 3.63) is 35.9 Å². The van der Waals surface area contributed by atoms with Crippen LogP contribution in [-0.4, -0.2) is 22.9 Å². The van der Waals surface area contributed by atoms with Crippen LogP contribution in [0.3, 0.4) is 0 Å². The molecule has 1 aromatic rings. The Morgan fingerprint density at radius 1 is 1.30 bits per heavy atom. The summed E-state index contributed by atoms with van der Waals surface area (Å²) >= 11 is 0. The van der Waals surface area contributed by atoms with Gasteiger partial charge in [0.2, 0.25) is 5.91 Å². The van der Waals surface area contributed by atoms with Gasteiger partial charge in [-0.05, 0) is 18.9 Å². The van der Waals surface area contributed by atoms with Gasteiger partial charge in [0.15, 0.2) is 0 Å². The van der Waals surface area contributed by atoms with Crippen LogP contribution in [0.1, 0.15) is 51.1 Å². The maximum Gasteiger partial charge on any atom is 0.324 e. The molecule has 4 nitrogen and oxygen atoms in total. The largest absolute Gasteiger partial charge is 0.324 e. The molecule has 1 aliphatic heterocycles. The van der Waals surface area contributed by atoms with Gasteiger partial charge in [-0.15, -0.1) is 0 Å².